The lowest BCUT2D eigenvalue weighted by atomic mass is 9.74. The molecule has 2 aliphatic rings. The minimum absolute atomic E-state index is 0.121. The molecule has 0 aromatic carbocycles. The van der Waals surface area contributed by atoms with Crippen LogP contribution < -0.4 is 5.32 Å². The molecular formula is C13H25NO3. The maximum absolute atomic E-state index is 8.56. The Labute approximate surface area is 104 Å². The summed E-state index contributed by atoms with van der Waals surface area (Å²) in [6, 6.07) is 0.627. The van der Waals surface area contributed by atoms with Gasteiger partial charge in [0.15, 0.2) is 0 Å². The fraction of sp³-hybridized carbons (Fsp3) is 1.00. The number of hydrogen-bond donors (Lipinski definition) is 2. The van der Waals surface area contributed by atoms with Crippen molar-refractivity contribution in [2.45, 2.75) is 50.2 Å². The fourth-order valence-corrected chi connectivity index (χ4v) is 2.77. The van der Waals surface area contributed by atoms with Crippen molar-refractivity contribution in [1.29, 1.82) is 0 Å². The summed E-state index contributed by atoms with van der Waals surface area (Å²) in [5, 5.41) is 12.2. The molecule has 1 aliphatic heterocycles. The van der Waals surface area contributed by atoms with Gasteiger partial charge in [0.05, 0.1) is 18.8 Å². The average Bonchev–Trinajstić information content (AvgIpc) is 2.32. The van der Waals surface area contributed by atoms with Crippen molar-refractivity contribution in [3.8, 4) is 0 Å². The Kier molecular flexibility index (Phi) is 5.22. The fourth-order valence-electron chi connectivity index (χ4n) is 2.77. The molecule has 4 nitrogen and oxygen atoms in total. The third-order valence-electron chi connectivity index (χ3n) is 3.89. The molecule has 17 heavy (non-hydrogen) atoms. The van der Waals surface area contributed by atoms with Crippen LogP contribution in [0.15, 0.2) is 0 Å². The second-order valence-corrected chi connectivity index (χ2v) is 5.22. The first kappa shape index (κ1) is 13.3. The van der Waals surface area contributed by atoms with Gasteiger partial charge in [0.1, 0.15) is 0 Å². The quantitative estimate of drug-likeness (QED) is 0.657. The maximum atomic E-state index is 8.56. The summed E-state index contributed by atoms with van der Waals surface area (Å²) >= 11 is 0. The number of nitrogens with one attached hydrogen (secondary N) is 1. The zero-order valence-corrected chi connectivity index (χ0v) is 10.6. The van der Waals surface area contributed by atoms with Gasteiger partial charge in [-0.1, -0.05) is 0 Å². The maximum Gasteiger partial charge on any atom is 0.0697 e. The first-order valence-electron chi connectivity index (χ1n) is 6.91. The van der Waals surface area contributed by atoms with Crippen LogP contribution in [-0.4, -0.2) is 49.7 Å². The third-order valence-corrected chi connectivity index (χ3v) is 3.89. The Morgan fingerprint density at radius 3 is 2.94 bits per heavy atom. The van der Waals surface area contributed by atoms with Gasteiger partial charge in [0.2, 0.25) is 0 Å². The van der Waals surface area contributed by atoms with E-state index in [4.69, 9.17) is 14.6 Å². The Bertz CT molecular complexity index is 219. The lowest BCUT2D eigenvalue weighted by Gasteiger charge is -2.47. The summed E-state index contributed by atoms with van der Waals surface area (Å²) in [6.45, 7) is 3.24. The van der Waals surface area contributed by atoms with Crippen molar-refractivity contribution in [2.24, 2.45) is 0 Å². The normalized spacial score (nSPS) is 27.0. The molecule has 2 N–H and O–H groups in total. The predicted octanol–water partition coefficient (Wildman–Crippen LogP) is 1.08. The van der Waals surface area contributed by atoms with E-state index in [1.165, 1.54) is 25.7 Å². The molecule has 4 heteroatoms. The molecule has 1 spiro atoms. The molecule has 1 atom stereocenters. The van der Waals surface area contributed by atoms with Gasteiger partial charge in [0, 0.05) is 19.3 Å². The van der Waals surface area contributed by atoms with Crippen LogP contribution in [0.3, 0.4) is 0 Å². The first-order valence-corrected chi connectivity index (χ1v) is 6.91. The molecule has 1 saturated carbocycles. The first-order chi connectivity index (χ1) is 8.35. The van der Waals surface area contributed by atoms with E-state index in [-0.39, 0.29) is 12.2 Å². The summed E-state index contributed by atoms with van der Waals surface area (Å²) in [5.41, 5.74) is 0.239. The molecule has 2 fully saturated rings. The van der Waals surface area contributed by atoms with Gasteiger partial charge in [-0.3, -0.25) is 0 Å². The topological polar surface area (TPSA) is 50.7 Å². The van der Waals surface area contributed by atoms with Crippen LogP contribution in [0.2, 0.25) is 0 Å². The molecule has 2 rings (SSSR count). The Morgan fingerprint density at radius 2 is 2.24 bits per heavy atom. The van der Waals surface area contributed by atoms with E-state index in [1.807, 2.05) is 0 Å². The van der Waals surface area contributed by atoms with Crippen molar-refractivity contribution in [2.75, 3.05) is 33.0 Å². The van der Waals surface area contributed by atoms with Crippen molar-refractivity contribution in [3.05, 3.63) is 0 Å². The van der Waals surface area contributed by atoms with Crippen LogP contribution in [-0.2, 0) is 9.47 Å². The largest absolute Gasteiger partial charge is 0.394 e. The zero-order valence-electron chi connectivity index (χ0n) is 10.6. The summed E-state index contributed by atoms with van der Waals surface area (Å²) < 4.78 is 11.1. The number of ether oxygens (including phenoxy) is 2. The van der Waals surface area contributed by atoms with Gasteiger partial charge in [-0.25, -0.2) is 0 Å². The molecule has 0 aromatic heterocycles. The second kappa shape index (κ2) is 6.69. The molecule has 0 aromatic rings. The Balaban J connectivity index is 1.53. The molecule has 100 valence electrons. The van der Waals surface area contributed by atoms with Crippen molar-refractivity contribution in [3.63, 3.8) is 0 Å². The smallest absolute Gasteiger partial charge is 0.0697 e. The standard InChI is InChI=1S/C13H25NO3/c15-7-10-16-8-2-6-14-12-3-9-17-13(11-12)4-1-5-13/h12,14-15H,1-11H2. The monoisotopic (exact) mass is 243 g/mol. The summed E-state index contributed by atoms with van der Waals surface area (Å²) in [5.74, 6) is 0. The lowest BCUT2D eigenvalue weighted by Crippen LogP contribution is -2.51. The highest BCUT2D eigenvalue weighted by molar-refractivity contribution is 4.95. The molecule has 1 saturated heterocycles. The van der Waals surface area contributed by atoms with Gasteiger partial charge in [-0.05, 0) is 45.1 Å². The number of aliphatic hydroxyl groups is 1. The van der Waals surface area contributed by atoms with E-state index in [0.29, 0.717) is 12.6 Å². The van der Waals surface area contributed by atoms with Gasteiger partial charge in [-0.2, -0.15) is 0 Å². The van der Waals surface area contributed by atoms with Crippen LogP contribution >= 0.6 is 0 Å². The van der Waals surface area contributed by atoms with E-state index in [2.05, 4.69) is 5.32 Å². The summed E-state index contributed by atoms with van der Waals surface area (Å²) in [6.07, 6.45) is 7.19. The molecule has 0 amide bonds. The Morgan fingerprint density at radius 1 is 1.35 bits per heavy atom. The minimum Gasteiger partial charge on any atom is -0.394 e. The molecule has 0 radical (unpaired) electrons. The van der Waals surface area contributed by atoms with Crippen molar-refractivity contribution < 1.29 is 14.6 Å². The van der Waals surface area contributed by atoms with Gasteiger partial charge in [-0.15, -0.1) is 0 Å². The van der Waals surface area contributed by atoms with Crippen LogP contribution in [0.5, 0.6) is 0 Å². The highest BCUT2D eigenvalue weighted by Crippen LogP contribution is 2.42. The van der Waals surface area contributed by atoms with Gasteiger partial charge >= 0.3 is 0 Å². The van der Waals surface area contributed by atoms with Gasteiger partial charge < -0.3 is 19.9 Å². The van der Waals surface area contributed by atoms with E-state index >= 15 is 0 Å². The van der Waals surface area contributed by atoms with Gasteiger partial charge in [0.25, 0.3) is 0 Å². The highest BCUT2D eigenvalue weighted by Gasteiger charge is 2.42. The number of aliphatic hydroxyl groups excluding tert-OH is 1. The highest BCUT2D eigenvalue weighted by atomic mass is 16.5. The van der Waals surface area contributed by atoms with Crippen LogP contribution in [0, 0.1) is 0 Å². The zero-order chi connectivity index (χ0) is 12.0. The SMILES string of the molecule is OCCOCCCNC1CCOC2(CCC2)C1. The average molecular weight is 243 g/mol. The van der Waals surface area contributed by atoms with Crippen LogP contribution in [0.25, 0.3) is 0 Å². The second-order valence-electron chi connectivity index (χ2n) is 5.22. The van der Waals surface area contributed by atoms with Crippen LogP contribution in [0.1, 0.15) is 38.5 Å². The Hall–Kier alpha value is -0.160. The minimum atomic E-state index is 0.121. The van der Waals surface area contributed by atoms with Crippen LogP contribution in [0.4, 0.5) is 0 Å². The predicted molar refractivity (Wildman–Crippen MR) is 66.1 cm³/mol. The molecule has 0 bridgehead atoms. The number of hydrogen-bond acceptors (Lipinski definition) is 4. The number of rotatable bonds is 7. The van der Waals surface area contributed by atoms with E-state index in [1.54, 1.807) is 0 Å². The molecule has 1 heterocycles. The summed E-state index contributed by atoms with van der Waals surface area (Å²) in [4.78, 5) is 0. The molecular weight excluding hydrogens is 218 g/mol. The van der Waals surface area contributed by atoms with E-state index in [0.717, 1.165) is 32.6 Å². The summed E-state index contributed by atoms with van der Waals surface area (Å²) in [7, 11) is 0. The van der Waals surface area contributed by atoms with Crippen molar-refractivity contribution >= 4 is 0 Å². The molecule has 1 aliphatic carbocycles. The lowest BCUT2D eigenvalue weighted by molar-refractivity contribution is -0.135. The van der Waals surface area contributed by atoms with E-state index in [9.17, 15) is 0 Å². The third kappa shape index (κ3) is 3.91. The molecule has 1 unspecified atom stereocenters. The van der Waals surface area contributed by atoms with E-state index < -0.39 is 0 Å². The van der Waals surface area contributed by atoms with Crippen molar-refractivity contribution in [1.82, 2.24) is 5.32 Å².